The van der Waals surface area contributed by atoms with E-state index in [1.807, 2.05) is 0 Å². The van der Waals surface area contributed by atoms with Gasteiger partial charge in [-0.3, -0.25) is 4.98 Å². The third-order valence-corrected chi connectivity index (χ3v) is 1.71. The van der Waals surface area contributed by atoms with Gasteiger partial charge in [0.05, 0.1) is 5.56 Å². The molecule has 0 amide bonds. The Morgan fingerprint density at radius 2 is 1.62 bits per heavy atom. The minimum atomic E-state index is -5.02. The average Bonchev–Trinajstić information content (AvgIpc) is 2.14. The molecule has 0 fully saturated rings. The summed E-state index contributed by atoms with van der Waals surface area (Å²) in [5.41, 5.74) is -2.28. The zero-order chi connectivity index (χ0) is 12.6. The number of alkyl halides is 6. The fraction of sp³-hybridized carbons (Fsp3) is 0.375. The lowest BCUT2D eigenvalue weighted by molar-refractivity contribution is -0.207. The molecule has 0 aromatic carbocycles. The van der Waals surface area contributed by atoms with Gasteiger partial charge in [-0.05, 0) is 6.07 Å². The van der Waals surface area contributed by atoms with Crippen LogP contribution in [0.15, 0.2) is 18.5 Å². The quantitative estimate of drug-likeness (QED) is 0.771. The summed E-state index contributed by atoms with van der Waals surface area (Å²) in [4.78, 5) is 3.01. The van der Waals surface area contributed by atoms with Gasteiger partial charge in [0.2, 0.25) is 0 Å². The summed E-state index contributed by atoms with van der Waals surface area (Å²) in [6.07, 6.45) is -11.9. The normalized spacial score (nSPS) is 14.9. The largest absolute Gasteiger partial charge is 0.418 e. The molecule has 0 aliphatic heterocycles. The molecule has 16 heavy (non-hydrogen) atoms. The first-order chi connectivity index (χ1) is 7.12. The number of aromatic nitrogens is 1. The number of nitrogens with zero attached hydrogens (tertiary/aromatic N) is 1. The summed E-state index contributed by atoms with van der Waals surface area (Å²) in [6, 6.07) is 0.213. The fourth-order valence-electron chi connectivity index (χ4n) is 0.951. The number of hydrogen-bond acceptors (Lipinski definition) is 2. The van der Waals surface area contributed by atoms with Gasteiger partial charge in [0.15, 0.2) is 6.10 Å². The maximum Gasteiger partial charge on any atom is 0.418 e. The minimum Gasteiger partial charge on any atom is -0.379 e. The molecule has 1 N–H and O–H groups in total. The van der Waals surface area contributed by atoms with Gasteiger partial charge in [-0.15, -0.1) is 0 Å². The zero-order valence-corrected chi connectivity index (χ0v) is 7.47. The van der Waals surface area contributed by atoms with E-state index < -0.39 is 29.6 Å². The van der Waals surface area contributed by atoms with E-state index in [-0.39, 0.29) is 6.07 Å². The second-order valence-corrected chi connectivity index (χ2v) is 2.95. The Labute approximate surface area is 85.5 Å². The van der Waals surface area contributed by atoms with E-state index in [1.165, 1.54) is 0 Å². The SMILES string of the molecule is OC(c1cncc(C(F)(F)F)c1)C(F)(F)F. The summed E-state index contributed by atoms with van der Waals surface area (Å²) in [5.74, 6) is 0. The first-order valence-electron chi connectivity index (χ1n) is 3.89. The van der Waals surface area contributed by atoms with Crippen molar-refractivity contribution in [1.29, 1.82) is 0 Å². The third-order valence-electron chi connectivity index (χ3n) is 1.71. The van der Waals surface area contributed by atoms with Gasteiger partial charge in [-0.25, -0.2) is 0 Å². The van der Waals surface area contributed by atoms with Crippen LogP contribution in [0.3, 0.4) is 0 Å². The van der Waals surface area contributed by atoms with Crippen LogP contribution in [-0.2, 0) is 6.18 Å². The van der Waals surface area contributed by atoms with Crippen LogP contribution in [0.25, 0.3) is 0 Å². The number of aliphatic hydroxyl groups excluding tert-OH is 1. The molecule has 1 aromatic heterocycles. The fourth-order valence-corrected chi connectivity index (χ4v) is 0.951. The molecule has 0 spiro atoms. The predicted molar refractivity (Wildman–Crippen MR) is 40.3 cm³/mol. The molecule has 0 saturated carbocycles. The maximum absolute atomic E-state index is 12.1. The van der Waals surface area contributed by atoms with Crippen molar-refractivity contribution in [3.8, 4) is 0 Å². The Morgan fingerprint density at radius 3 is 2.06 bits per heavy atom. The van der Waals surface area contributed by atoms with Crippen molar-refractivity contribution in [2.24, 2.45) is 0 Å². The second-order valence-electron chi connectivity index (χ2n) is 2.95. The van der Waals surface area contributed by atoms with Crippen molar-refractivity contribution in [3.63, 3.8) is 0 Å². The van der Waals surface area contributed by atoms with Crippen molar-refractivity contribution in [2.75, 3.05) is 0 Å². The predicted octanol–water partition coefficient (Wildman–Crippen LogP) is 2.70. The van der Waals surface area contributed by atoms with Gasteiger partial charge in [-0.2, -0.15) is 26.3 Å². The van der Waals surface area contributed by atoms with Crippen molar-refractivity contribution in [2.45, 2.75) is 18.5 Å². The molecule has 1 aromatic rings. The van der Waals surface area contributed by atoms with Crippen LogP contribution in [0.2, 0.25) is 0 Å². The molecule has 0 radical (unpaired) electrons. The van der Waals surface area contributed by atoms with E-state index >= 15 is 0 Å². The Morgan fingerprint density at radius 1 is 1.06 bits per heavy atom. The number of pyridine rings is 1. The molecule has 0 saturated heterocycles. The van der Waals surface area contributed by atoms with E-state index in [1.54, 1.807) is 0 Å². The monoisotopic (exact) mass is 245 g/mol. The maximum atomic E-state index is 12.1. The van der Waals surface area contributed by atoms with Crippen LogP contribution in [0.1, 0.15) is 17.2 Å². The van der Waals surface area contributed by atoms with Crippen molar-refractivity contribution < 1.29 is 31.4 Å². The van der Waals surface area contributed by atoms with Crippen LogP contribution in [0, 0.1) is 0 Å². The summed E-state index contributed by atoms with van der Waals surface area (Å²) in [6.45, 7) is 0. The average molecular weight is 245 g/mol. The van der Waals surface area contributed by atoms with Gasteiger partial charge in [-0.1, -0.05) is 0 Å². The van der Waals surface area contributed by atoms with Crippen molar-refractivity contribution >= 4 is 0 Å². The van der Waals surface area contributed by atoms with Gasteiger partial charge >= 0.3 is 12.4 Å². The molecule has 1 atom stereocenters. The lowest BCUT2D eigenvalue weighted by Gasteiger charge is -2.15. The van der Waals surface area contributed by atoms with Crippen LogP contribution in [-0.4, -0.2) is 16.3 Å². The molecule has 0 aliphatic rings. The Kier molecular flexibility index (Phi) is 3.13. The van der Waals surface area contributed by atoms with Gasteiger partial charge in [0, 0.05) is 18.0 Å². The molecule has 1 heterocycles. The summed E-state index contributed by atoms with van der Waals surface area (Å²) in [7, 11) is 0. The molecular weight excluding hydrogens is 240 g/mol. The van der Waals surface area contributed by atoms with E-state index in [9.17, 15) is 26.3 Å². The Hall–Kier alpha value is -1.31. The highest BCUT2D eigenvalue weighted by Crippen LogP contribution is 2.35. The lowest BCUT2D eigenvalue weighted by Crippen LogP contribution is -2.21. The van der Waals surface area contributed by atoms with Gasteiger partial charge in [0.1, 0.15) is 0 Å². The minimum absolute atomic E-state index is 0.213. The molecular formula is C8H5F6NO. The molecule has 2 nitrogen and oxygen atoms in total. The topological polar surface area (TPSA) is 33.1 Å². The number of rotatable bonds is 1. The first kappa shape index (κ1) is 12.8. The molecule has 1 unspecified atom stereocenters. The highest BCUT2D eigenvalue weighted by molar-refractivity contribution is 5.23. The van der Waals surface area contributed by atoms with E-state index in [4.69, 9.17) is 5.11 Å². The number of aliphatic hydroxyl groups is 1. The number of halogens is 6. The first-order valence-corrected chi connectivity index (χ1v) is 3.89. The Balaban J connectivity index is 3.09. The smallest absolute Gasteiger partial charge is 0.379 e. The van der Waals surface area contributed by atoms with Crippen LogP contribution >= 0.6 is 0 Å². The zero-order valence-electron chi connectivity index (χ0n) is 7.47. The highest BCUT2D eigenvalue weighted by Gasteiger charge is 2.41. The molecule has 0 aliphatic carbocycles. The van der Waals surface area contributed by atoms with Gasteiger partial charge < -0.3 is 5.11 Å². The van der Waals surface area contributed by atoms with Crippen LogP contribution < -0.4 is 0 Å². The lowest BCUT2D eigenvalue weighted by atomic mass is 10.1. The van der Waals surface area contributed by atoms with Crippen LogP contribution in [0.5, 0.6) is 0 Å². The molecule has 90 valence electrons. The van der Waals surface area contributed by atoms with Crippen LogP contribution in [0.4, 0.5) is 26.3 Å². The molecule has 1 rings (SSSR count). The standard InChI is InChI=1S/C8H5F6NO/c9-7(10,11)5-1-4(2-15-3-5)6(16)8(12,13)14/h1-3,6,16H. The van der Waals surface area contributed by atoms with Crippen molar-refractivity contribution in [1.82, 2.24) is 4.98 Å². The van der Waals surface area contributed by atoms with Gasteiger partial charge in [0.25, 0.3) is 0 Å². The molecule has 0 bridgehead atoms. The highest BCUT2D eigenvalue weighted by atomic mass is 19.4. The summed E-state index contributed by atoms with van der Waals surface area (Å²) in [5, 5.41) is 8.71. The Bertz CT molecular complexity index is 372. The van der Waals surface area contributed by atoms with E-state index in [2.05, 4.69) is 4.98 Å². The summed E-state index contributed by atoms with van der Waals surface area (Å²) < 4.78 is 72.4. The second kappa shape index (κ2) is 3.93. The third kappa shape index (κ3) is 2.84. The molecule has 8 heteroatoms. The number of hydrogen-bond donors (Lipinski definition) is 1. The van der Waals surface area contributed by atoms with Crippen molar-refractivity contribution in [3.05, 3.63) is 29.6 Å². The van der Waals surface area contributed by atoms with E-state index in [0.717, 1.165) is 0 Å². The summed E-state index contributed by atoms with van der Waals surface area (Å²) >= 11 is 0. The van der Waals surface area contributed by atoms with E-state index in [0.29, 0.717) is 12.4 Å².